The Morgan fingerprint density at radius 2 is 0.860 bits per heavy atom. The van der Waals surface area contributed by atoms with Gasteiger partial charge in [0.05, 0.1) is 0 Å². The van der Waals surface area contributed by atoms with Gasteiger partial charge in [0.2, 0.25) is 0 Å². The molecule has 0 unspecified atom stereocenters. The minimum Gasteiger partial charge on any atom is -0.456 e. The van der Waals surface area contributed by atoms with Gasteiger partial charge in [-0.1, -0.05) is 152 Å². The molecule has 264 valence electrons. The number of benzene rings is 10. The molecule has 13 aromatic rings. The van der Waals surface area contributed by atoms with Crippen LogP contribution in [-0.2, 0) is 0 Å². The molecule has 0 saturated heterocycles. The molecule has 0 atom stereocenters. The van der Waals surface area contributed by atoms with Crippen molar-refractivity contribution in [2.24, 2.45) is 0 Å². The Morgan fingerprint density at radius 1 is 0.263 bits per heavy atom. The first-order chi connectivity index (χ1) is 28.2. The molecule has 57 heavy (non-hydrogen) atoms. The normalized spacial score (nSPS) is 12.2. The molecule has 3 heteroatoms. The fraction of sp³-hybridized carbons (Fsp3) is 0. The summed E-state index contributed by atoms with van der Waals surface area (Å²) in [6, 6.07) is 64.9. The van der Waals surface area contributed by atoms with Crippen molar-refractivity contribution in [3.63, 3.8) is 0 Å². The first kappa shape index (κ1) is 30.7. The summed E-state index contributed by atoms with van der Waals surface area (Å²) in [5.41, 5.74) is 12.4. The number of hydrogen-bond donors (Lipinski definition) is 0. The Hall–Kier alpha value is -7.62. The maximum Gasteiger partial charge on any atom is 0.143 e. The Bertz CT molecular complexity index is 3730. The van der Waals surface area contributed by atoms with E-state index in [0.717, 1.165) is 82.9 Å². The lowest BCUT2D eigenvalue weighted by atomic mass is 9.86. The minimum atomic E-state index is 0.828. The van der Waals surface area contributed by atoms with Crippen molar-refractivity contribution >= 4 is 87.2 Å². The van der Waals surface area contributed by atoms with Crippen LogP contribution in [0.5, 0.6) is 0 Å². The number of fused-ring (bicyclic) bond motifs is 7. The van der Waals surface area contributed by atoms with Gasteiger partial charge in [-0.15, -0.1) is 0 Å². The van der Waals surface area contributed by atoms with E-state index < -0.39 is 0 Å². The molecule has 3 nitrogen and oxygen atoms in total. The first-order valence-electron chi connectivity index (χ1n) is 19.4. The Kier molecular flexibility index (Phi) is 6.16. The average molecular weight is 727 g/mol. The minimum absolute atomic E-state index is 0.828. The summed E-state index contributed by atoms with van der Waals surface area (Å²) in [5, 5.41) is 13.1. The average Bonchev–Trinajstić information content (AvgIpc) is 3.96. The molecule has 0 aliphatic carbocycles. The van der Waals surface area contributed by atoms with Crippen molar-refractivity contribution in [2.75, 3.05) is 0 Å². The van der Waals surface area contributed by atoms with Gasteiger partial charge in [-0.25, -0.2) is 0 Å². The number of para-hydroxylation sites is 2. The van der Waals surface area contributed by atoms with Crippen LogP contribution < -0.4 is 0 Å². The van der Waals surface area contributed by atoms with Gasteiger partial charge in [0.15, 0.2) is 0 Å². The lowest BCUT2D eigenvalue weighted by molar-refractivity contribution is 0.632. The predicted octanol–water partition coefficient (Wildman–Crippen LogP) is 15.8. The van der Waals surface area contributed by atoms with Crippen molar-refractivity contribution in [2.45, 2.75) is 0 Å². The van der Waals surface area contributed by atoms with Gasteiger partial charge in [0, 0.05) is 44.1 Å². The van der Waals surface area contributed by atoms with Crippen molar-refractivity contribution in [1.82, 2.24) is 0 Å². The molecule has 0 amide bonds. The largest absolute Gasteiger partial charge is 0.456 e. The second-order valence-corrected chi connectivity index (χ2v) is 15.1. The highest BCUT2D eigenvalue weighted by atomic mass is 16.3. The quantitative estimate of drug-likeness (QED) is 0.170. The molecule has 0 N–H and O–H groups in total. The van der Waals surface area contributed by atoms with Crippen LogP contribution in [0.25, 0.3) is 132 Å². The van der Waals surface area contributed by atoms with E-state index in [1.54, 1.807) is 0 Å². The maximum atomic E-state index is 6.53. The Balaban J connectivity index is 0.983. The van der Waals surface area contributed by atoms with E-state index in [1.807, 2.05) is 36.4 Å². The molecule has 0 aliphatic rings. The van der Waals surface area contributed by atoms with Crippen LogP contribution in [0.2, 0.25) is 0 Å². The van der Waals surface area contributed by atoms with E-state index in [2.05, 4.69) is 146 Å². The predicted molar refractivity (Wildman–Crippen MR) is 236 cm³/mol. The SMILES string of the molecule is c1ccc(-c2oc3ccccc3c2-c2ccc(-c3ccc4ccc5c(-c6cccc7oc8cc9oc%10ccccc%10c9cc8c67)ccc6ccc3c4c65)cc2)cc1. The second kappa shape index (κ2) is 11.5. The molecule has 13 rings (SSSR count). The molecule has 3 aromatic heterocycles. The van der Waals surface area contributed by atoms with Crippen LogP contribution in [0, 0.1) is 0 Å². The van der Waals surface area contributed by atoms with Crippen LogP contribution in [0.15, 0.2) is 195 Å². The van der Waals surface area contributed by atoms with Crippen LogP contribution >= 0.6 is 0 Å². The van der Waals surface area contributed by atoms with Crippen molar-refractivity contribution in [1.29, 1.82) is 0 Å². The lowest BCUT2D eigenvalue weighted by Gasteiger charge is -2.17. The van der Waals surface area contributed by atoms with Gasteiger partial charge < -0.3 is 13.3 Å². The summed E-state index contributed by atoms with van der Waals surface area (Å²) in [5.74, 6) is 0.894. The van der Waals surface area contributed by atoms with E-state index in [4.69, 9.17) is 13.3 Å². The molecular weight excluding hydrogens is 697 g/mol. The molecule has 0 spiro atoms. The summed E-state index contributed by atoms with van der Waals surface area (Å²) in [6.45, 7) is 0. The number of furan rings is 3. The molecule has 0 fully saturated rings. The highest BCUT2D eigenvalue weighted by Crippen LogP contribution is 2.47. The second-order valence-electron chi connectivity index (χ2n) is 15.1. The summed E-state index contributed by atoms with van der Waals surface area (Å²) in [6.07, 6.45) is 0. The van der Waals surface area contributed by atoms with Gasteiger partial charge >= 0.3 is 0 Å². The van der Waals surface area contributed by atoms with Crippen molar-refractivity contribution in [3.05, 3.63) is 182 Å². The van der Waals surface area contributed by atoms with E-state index in [-0.39, 0.29) is 0 Å². The van der Waals surface area contributed by atoms with Gasteiger partial charge in [-0.2, -0.15) is 0 Å². The Morgan fingerprint density at radius 3 is 1.65 bits per heavy atom. The molecular formula is C54H30O3. The molecule has 10 aromatic carbocycles. The summed E-state index contributed by atoms with van der Waals surface area (Å²) >= 11 is 0. The third kappa shape index (κ3) is 4.37. The highest BCUT2D eigenvalue weighted by molar-refractivity contribution is 6.29. The van der Waals surface area contributed by atoms with Gasteiger partial charge in [-0.05, 0) is 84.4 Å². The third-order valence-corrected chi connectivity index (χ3v) is 12.1. The van der Waals surface area contributed by atoms with Crippen LogP contribution in [0.3, 0.4) is 0 Å². The van der Waals surface area contributed by atoms with Crippen LogP contribution in [0.1, 0.15) is 0 Å². The van der Waals surface area contributed by atoms with Gasteiger partial charge in [-0.3, -0.25) is 0 Å². The summed E-state index contributed by atoms with van der Waals surface area (Å²) < 4.78 is 19.2. The topological polar surface area (TPSA) is 39.4 Å². The van der Waals surface area contributed by atoms with E-state index in [0.29, 0.717) is 0 Å². The number of hydrogen-bond acceptors (Lipinski definition) is 3. The van der Waals surface area contributed by atoms with Gasteiger partial charge in [0.25, 0.3) is 0 Å². The fourth-order valence-electron chi connectivity index (χ4n) is 9.50. The van der Waals surface area contributed by atoms with E-state index in [9.17, 15) is 0 Å². The molecule has 0 aliphatic heterocycles. The van der Waals surface area contributed by atoms with E-state index >= 15 is 0 Å². The first-order valence-corrected chi connectivity index (χ1v) is 19.4. The monoisotopic (exact) mass is 726 g/mol. The number of rotatable bonds is 4. The molecule has 0 saturated carbocycles. The van der Waals surface area contributed by atoms with Crippen LogP contribution in [0.4, 0.5) is 0 Å². The zero-order valence-electron chi connectivity index (χ0n) is 30.5. The summed E-state index contributed by atoms with van der Waals surface area (Å²) in [4.78, 5) is 0. The zero-order valence-corrected chi connectivity index (χ0v) is 30.5. The lowest BCUT2D eigenvalue weighted by Crippen LogP contribution is -1.90. The zero-order chi connectivity index (χ0) is 37.2. The maximum absolute atomic E-state index is 6.53. The van der Waals surface area contributed by atoms with Gasteiger partial charge in [0.1, 0.15) is 33.7 Å². The van der Waals surface area contributed by atoms with Crippen molar-refractivity contribution < 1.29 is 13.3 Å². The smallest absolute Gasteiger partial charge is 0.143 e. The fourth-order valence-corrected chi connectivity index (χ4v) is 9.50. The van der Waals surface area contributed by atoms with Crippen molar-refractivity contribution in [3.8, 4) is 44.7 Å². The highest BCUT2D eigenvalue weighted by Gasteiger charge is 2.21. The van der Waals surface area contributed by atoms with Crippen LogP contribution in [-0.4, -0.2) is 0 Å². The van der Waals surface area contributed by atoms with E-state index in [1.165, 1.54) is 49.0 Å². The standard InChI is InChI=1S/C54H30O3/c1-2-9-35(10-3-1)54-52(42-12-5-7-15-46(42)57-54)34-19-17-31(18-20-34)36-25-21-32-24-28-41-37(26-22-33-23-27-40(36)50(32)51(33)41)39-13-8-16-47-53(39)44-29-43-38-11-4-6-14-45(38)55-48(43)30-49(44)56-47/h1-30H. The molecule has 0 bridgehead atoms. The molecule has 3 heterocycles. The Labute approximate surface area is 325 Å². The summed E-state index contributed by atoms with van der Waals surface area (Å²) in [7, 11) is 0. The third-order valence-electron chi connectivity index (χ3n) is 12.1. The molecule has 0 radical (unpaired) electrons.